The quantitative estimate of drug-likeness (QED) is 0.143. The van der Waals surface area contributed by atoms with Gasteiger partial charge in [0.05, 0.1) is 6.16 Å². The molecule has 7 N–H and O–H groups in total. The van der Waals surface area contributed by atoms with Gasteiger partial charge in [-0.1, -0.05) is 19.3 Å². The molecule has 2 saturated heterocycles. The number of aromatic nitrogens is 2. The second-order valence-electron chi connectivity index (χ2n) is 12.7. The van der Waals surface area contributed by atoms with Gasteiger partial charge in [0, 0.05) is 50.4 Å². The van der Waals surface area contributed by atoms with E-state index in [1.54, 1.807) is 0 Å². The van der Waals surface area contributed by atoms with E-state index in [1.807, 2.05) is 6.07 Å². The average Bonchev–Trinajstić information content (AvgIpc) is 3.54. The van der Waals surface area contributed by atoms with Crippen LogP contribution in [0.5, 0.6) is 0 Å². The van der Waals surface area contributed by atoms with Crippen molar-refractivity contribution in [3.63, 3.8) is 0 Å². The van der Waals surface area contributed by atoms with Crippen molar-refractivity contribution in [2.24, 2.45) is 11.8 Å². The van der Waals surface area contributed by atoms with Crippen molar-refractivity contribution in [3.8, 4) is 0 Å². The number of anilines is 3. The minimum absolute atomic E-state index is 0.0821. The van der Waals surface area contributed by atoms with E-state index in [9.17, 15) is 14.4 Å². The Morgan fingerprint density at radius 3 is 2.40 bits per heavy atom. The molecule has 4 fully saturated rings. The van der Waals surface area contributed by atoms with Gasteiger partial charge in [-0.05, 0) is 82.8 Å². The molecular formula is C28H51N8O3P. The van der Waals surface area contributed by atoms with Gasteiger partial charge in [-0.25, -0.2) is 0 Å². The molecular weight excluding hydrogens is 527 g/mol. The van der Waals surface area contributed by atoms with E-state index in [-0.39, 0.29) is 6.16 Å². The Labute approximate surface area is 239 Å². The lowest BCUT2D eigenvalue weighted by Crippen LogP contribution is -2.47. The molecule has 2 saturated carbocycles. The number of nitrogens with zero attached hydrogens (tertiary/aromatic N) is 4. The molecule has 4 aliphatic rings. The van der Waals surface area contributed by atoms with Crippen molar-refractivity contribution in [3.05, 3.63) is 6.07 Å². The number of nitrogens with one attached hydrogen (secondary N) is 3. The Kier molecular flexibility index (Phi) is 10.6. The summed E-state index contributed by atoms with van der Waals surface area (Å²) < 4.78 is 11.3. The van der Waals surface area contributed by atoms with E-state index in [2.05, 4.69) is 30.7 Å². The molecule has 1 aromatic rings. The van der Waals surface area contributed by atoms with Crippen LogP contribution in [0.2, 0.25) is 0 Å². The van der Waals surface area contributed by atoms with Gasteiger partial charge in [-0.15, -0.1) is 0 Å². The highest BCUT2D eigenvalue weighted by atomic mass is 31.2. The number of rotatable bonds is 14. The smallest absolute Gasteiger partial charge is 0.326 e. The minimum Gasteiger partial charge on any atom is -0.383 e. The van der Waals surface area contributed by atoms with Gasteiger partial charge in [-0.3, -0.25) is 9.46 Å². The lowest BCUT2D eigenvalue weighted by atomic mass is 9.82. The molecule has 2 aliphatic carbocycles. The molecule has 0 aromatic carbocycles. The molecule has 0 radical (unpaired) electrons. The first-order valence-electron chi connectivity index (χ1n) is 15.7. The van der Waals surface area contributed by atoms with Crippen LogP contribution >= 0.6 is 7.60 Å². The summed E-state index contributed by atoms with van der Waals surface area (Å²) in [6.07, 6.45) is 14.1. The first-order valence-corrected chi connectivity index (χ1v) is 17.5. The number of fused-ring (bicyclic) bond motifs is 2. The van der Waals surface area contributed by atoms with Gasteiger partial charge >= 0.3 is 7.60 Å². The van der Waals surface area contributed by atoms with Gasteiger partial charge < -0.3 is 36.4 Å². The van der Waals surface area contributed by atoms with Crippen LogP contribution < -0.4 is 26.6 Å². The Hall–Kier alpha value is -1.49. The monoisotopic (exact) mass is 578 g/mol. The highest BCUT2D eigenvalue weighted by molar-refractivity contribution is 7.51. The molecule has 0 amide bonds. The number of likely N-dealkylation sites (tertiary alicyclic amines) is 1. The molecule has 2 unspecified atom stereocenters. The molecule has 1 aromatic heterocycles. The molecule has 40 heavy (non-hydrogen) atoms. The third kappa shape index (κ3) is 8.76. The number of nitrogens with two attached hydrogens (primary N) is 1. The Morgan fingerprint density at radius 2 is 1.70 bits per heavy atom. The fraction of sp³-hybridized carbons (Fsp3) is 0.857. The van der Waals surface area contributed by atoms with Crippen molar-refractivity contribution >= 4 is 25.2 Å². The summed E-state index contributed by atoms with van der Waals surface area (Å²) in [6.45, 7) is 6.30. The third-order valence-electron chi connectivity index (χ3n) is 9.58. The minimum atomic E-state index is -3.97. The number of hydrogen-bond donors (Lipinski definition) is 6. The average molecular weight is 579 g/mol. The van der Waals surface area contributed by atoms with Crippen LogP contribution in [0.15, 0.2) is 6.07 Å². The zero-order chi connectivity index (χ0) is 28.0. The molecule has 2 atom stereocenters. The zero-order valence-electron chi connectivity index (χ0n) is 24.0. The molecule has 0 spiro atoms. The second-order valence-corrected chi connectivity index (χ2v) is 14.4. The lowest BCUT2D eigenvalue weighted by Gasteiger charge is -2.35. The van der Waals surface area contributed by atoms with Gasteiger partial charge in [-0.2, -0.15) is 9.97 Å². The fourth-order valence-corrected chi connectivity index (χ4v) is 7.77. The lowest BCUT2D eigenvalue weighted by molar-refractivity contribution is 0.246. The van der Waals surface area contributed by atoms with Gasteiger partial charge in [0.2, 0.25) is 5.95 Å². The molecule has 12 heteroatoms. The topological polar surface area (TPSA) is 152 Å². The van der Waals surface area contributed by atoms with Crippen molar-refractivity contribution < 1.29 is 14.4 Å². The summed E-state index contributed by atoms with van der Waals surface area (Å²) in [5, 5.41) is 10.9. The molecule has 3 heterocycles. The number of hydrogen-bond acceptors (Lipinski definition) is 9. The van der Waals surface area contributed by atoms with Gasteiger partial charge in [0.1, 0.15) is 11.6 Å². The van der Waals surface area contributed by atoms with Crippen molar-refractivity contribution in [2.75, 3.05) is 67.9 Å². The largest absolute Gasteiger partial charge is 0.383 e. The van der Waals surface area contributed by atoms with Gasteiger partial charge in [0.15, 0.2) is 0 Å². The van der Waals surface area contributed by atoms with Crippen LogP contribution in [0.4, 0.5) is 17.6 Å². The van der Waals surface area contributed by atoms with Gasteiger partial charge in [0.25, 0.3) is 0 Å². The Morgan fingerprint density at radius 1 is 0.950 bits per heavy atom. The van der Waals surface area contributed by atoms with Crippen molar-refractivity contribution in [1.29, 1.82) is 0 Å². The summed E-state index contributed by atoms with van der Waals surface area (Å²) in [7, 11) is -3.97. The first-order chi connectivity index (χ1) is 19.3. The molecule has 5 rings (SSSR count). The van der Waals surface area contributed by atoms with E-state index in [1.165, 1.54) is 64.2 Å². The summed E-state index contributed by atoms with van der Waals surface area (Å²) in [4.78, 5) is 32.2. The predicted octanol–water partition coefficient (Wildman–Crippen LogP) is 2.62. The first kappa shape index (κ1) is 30.0. The molecule has 11 nitrogen and oxygen atoms in total. The van der Waals surface area contributed by atoms with Crippen LogP contribution in [0.1, 0.15) is 70.6 Å². The van der Waals surface area contributed by atoms with E-state index in [4.69, 9.17) is 10.7 Å². The maximum absolute atomic E-state index is 11.3. The summed E-state index contributed by atoms with van der Waals surface area (Å²) in [5.41, 5.74) is 6.16. The van der Waals surface area contributed by atoms with E-state index < -0.39 is 7.60 Å². The SMILES string of the molecule is Nc1cc(N2CC3CC2CN3CCP(=O)(O)O)nc(NC[C@H]2CC[C@H](CNCCCNC3CCCCC3)CC2)n1. The van der Waals surface area contributed by atoms with Crippen LogP contribution in [0, 0.1) is 11.8 Å². The highest BCUT2D eigenvalue weighted by Crippen LogP contribution is 2.38. The summed E-state index contributed by atoms with van der Waals surface area (Å²) in [6, 6.07) is 3.20. The van der Waals surface area contributed by atoms with Crippen LogP contribution in [-0.4, -0.2) is 94.8 Å². The third-order valence-corrected chi connectivity index (χ3v) is 10.4. The number of nitrogen functional groups attached to an aromatic ring is 1. The highest BCUT2D eigenvalue weighted by Gasteiger charge is 2.44. The normalized spacial score (nSPS) is 27.9. The standard InChI is InChI=1S/C28H51N8O3P/c29-26-16-27(36-20-24-15-25(36)19-35(24)13-14-40(37,38)39)34-28(33-26)32-18-22-9-7-21(8-10-22)17-30-11-4-12-31-23-5-2-1-3-6-23/h16,21-25,30-31H,1-15,17-20H2,(H2,37,38,39)(H3,29,32,33,34)/t21-,22-,24?,25?. The summed E-state index contributed by atoms with van der Waals surface area (Å²) in [5.74, 6) is 3.33. The van der Waals surface area contributed by atoms with Crippen LogP contribution in [-0.2, 0) is 4.57 Å². The predicted molar refractivity (Wildman–Crippen MR) is 161 cm³/mol. The van der Waals surface area contributed by atoms with E-state index in [0.29, 0.717) is 36.3 Å². The second kappa shape index (κ2) is 14.1. The molecule has 2 bridgehead atoms. The van der Waals surface area contributed by atoms with E-state index in [0.717, 1.165) is 63.5 Å². The van der Waals surface area contributed by atoms with Crippen molar-refractivity contribution in [2.45, 2.75) is 88.8 Å². The van der Waals surface area contributed by atoms with Crippen LogP contribution in [0.25, 0.3) is 0 Å². The molecule has 2 aliphatic heterocycles. The zero-order valence-corrected chi connectivity index (χ0v) is 24.9. The Bertz CT molecular complexity index is 982. The van der Waals surface area contributed by atoms with Crippen LogP contribution in [0.3, 0.4) is 0 Å². The van der Waals surface area contributed by atoms with E-state index >= 15 is 0 Å². The maximum atomic E-state index is 11.3. The molecule has 226 valence electrons. The van der Waals surface area contributed by atoms with Crippen molar-refractivity contribution in [1.82, 2.24) is 25.5 Å². The maximum Gasteiger partial charge on any atom is 0.326 e. The Balaban J connectivity index is 0.977. The summed E-state index contributed by atoms with van der Waals surface area (Å²) >= 11 is 0. The number of piperazine rings is 1. The fourth-order valence-electron chi connectivity index (χ4n) is 7.25.